The van der Waals surface area contributed by atoms with Gasteiger partial charge in [0, 0.05) is 24.2 Å². The maximum atomic E-state index is 16.9. The van der Waals surface area contributed by atoms with Crippen LogP contribution in [0.4, 0.5) is 24.8 Å². The third-order valence-corrected chi connectivity index (χ3v) is 14.0. The molecule has 0 bridgehead atoms. The molecule has 3 N–H and O–H groups in total. The summed E-state index contributed by atoms with van der Waals surface area (Å²) >= 11 is 9.02. The number of fused-ring (bicyclic) bond motifs is 4. The summed E-state index contributed by atoms with van der Waals surface area (Å²) in [7, 11) is 0. The van der Waals surface area contributed by atoms with Gasteiger partial charge in [-0.3, -0.25) is 32.3 Å². The van der Waals surface area contributed by atoms with Gasteiger partial charge in [0.15, 0.2) is 11.8 Å². The molecule has 4 fully saturated rings. The molecule has 1 saturated carbocycles. The first-order chi connectivity index (χ1) is 28.3. The van der Waals surface area contributed by atoms with E-state index >= 15 is 13.2 Å². The molecule has 2 aromatic rings. The second kappa shape index (κ2) is 18.7. The molecule has 18 nitrogen and oxygen atoms in total. The first-order valence-corrected chi connectivity index (χ1v) is 25.1. The van der Waals surface area contributed by atoms with Crippen LogP contribution in [0.3, 0.4) is 0 Å². The van der Waals surface area contributed by atoms with Gasteiger partial charge in [-0.25, -0.2) is 18.5 Å². The number of alkyl halides is 3. The number of rotatable bonds is 14. The van der Waals surface area contributed by atoms with Gasteiger partial charge in [0.2, 0.25) is 18.0 Å². The number of hydrogen-bond acceptors (Lipinski definition) is 14. The van der Waals surface area contributed by atoms with Crippen molar-refractivity contribution >= 4 is 61.0 Å². The lowest BCUT2D eigenvalue weighted by Gasteiger charge is -2.32. The Bertz CT molecular complexity index is 2130. The van der Waals surface area contributed by atoms with Crippen LogP contribution in [0.5, 0.6) is 0 Å². The van der Waals surface area contributed by atoms with E-state index in [1.165, 1.54) is 12.3 Å². The van der Waals surface area contributed by atoms with E-state index in [2.05, 4.69) is 32.9 Å². The summed E-state index contributed by atoms with van der Waals surface area (Å²) in [4.78, 5) is 70.7. The highest BCUT2D eigenvalue weighted by atomic mass is 32.7. The Balaban J connectivity index is 1.19. The van der Waals surface area contributed by atoms with Crippen molar-refractivity contribution in [2.75, 3.05) is 23.8 Å². The molecule has 0 spiro atoms. The molecule has 4 aliphatic rings. The fourth-order valence-corrected chi connectivity index (χ4v) is 10.9. The number of ether oxygens (including phenoxy) is 2. The molecule has 60 heavy (non-hydrogen) atoms. The first kappa shape index (κ1) is 46.9. The Morgan fingerprint density at radius 2 is 1.32 bits per heavy atom. The van der Waals surface area contributed by atoms with Crippen LogP contribution in [0.1, 0.15) is 91.3 Å². The van der Waals surface area contributed by atoms with Gasteiger partial charge in [0.1, 0.15) is 42.1 Å². The van der Waals surface area contributed by atoms with E-state index in [0.29, 0.717) is 30.3 Å². The SMILES string of the molecule is CCCC(CCC)C(=O)Nc1ccn([C@@H]2O[C@@H]3COP(O)(=S)OC4[C@@H](COP(=O)(S)OC3C2(F)F)OC2[C@@H](n3ccc(NC(=O)C(CCC)CCC)nc3=O)C42F)c(=O)n1. The van der Waals surface area contributed by atoms with Crippen molar-refractivity contribution in [1.82, 2.24) is 19.1 Å². The van der Waals surface area contributed by atoms with Crippen LogP contribution in [0, 0.1) is 11.8 Å². The van der Waals surface area contributed by atoms with Gasteiger partial charge in [-0.15, -0.1) is 0 Å². The van der Waals surface area contributed by atoms with E-state index in [-0.39, 0.29) is 35.3 Å². The molecular weight excluding hydrogens is 879 g/mol. The van der Waals surface area contributed by atoms with Gasteiger partial charge < -0.3 is 29.5 Å². The van der Waals surface area contributed by atoms with Crippen LogP contribution in [0.15, 0.2) is 34.1 Å². The Labute approximate surface area is 353 Å². The molecule has 0 aromatic carbocycles. The topological polar surface area (TPSA) is 221 Å². The largest absolute Gasteiger partial charge is 0.386 e. The van der Waals surface area contributed by atoms with Crippen molar-refractivity contribution in [3.05, 3.63) is 45.5 Å². The lowest BCUT2D eigenvalue weighted by molar-refractivity contribution is -0.137. The number of nitrogens with one attached hydrogen (secondary N) is 2. The smallest absolute Gasteiger partial charge is 0.364 e. The minimum Gasteiger partial charge on any atom is -0.364 e. The third kappa shape index (κ3) is 9.81. The van der Waals surface area contributed by atoms with Crippen molar-refractivity contribution in [1.29, 1.82) is 0 Å². The van der Waals surface area contributed by atoms with Crippen molar-refractivity contribution in [2.45, 2.75) is 133 Å². The molecule has 2 aromatic heterocycles. The fourth-order valence-electron chi connectivity index (χ4n) is 7.95. The van der Waals surface area contributed by atoms with E-state index in [9.17, 15) is 28.6 Å². The number of anilines is 2. The number of nitrogens with zero attached hydrogens (tertiary/aromatic N) is 4. The molecule has 6 rings (SSSR count). The fraction of sp³-hybridized carbons (Fsp3) is 0.714. The minimum absolute atomic E-state index is 0.0411. The maximum Gasteiger partial charge on any atom is 0.386 e. The average Bonchev–Trinajstić information content (AvgIpc) is 3.54. The molecule has 0 radical (unpaired) electrons. The Hall–Kier alpha value is -2.56. The number of amides is 2. The number of aromatic nitrogens is 4. The second-order valence-electron chi connectivity index (χ2n) is 15.2. The monoisotopic (exact) mass is 928 g/mol. The lowest BCUT2D eigenvalue weighted by Crippen LogP contribution is -2.44. The van der Waals surface area contributed by atoms with Gasteiger partial charge in [-0.1, -0.05) is 65.6 Å². The van der Waals surface area contributed by atoms with Crippen molar-refractivity contribution in [3.63, 3.8) is 0 Å². The molecule has 1 aliphatic carbocycles. The number of hydrogen-bond donors (Lipinski definition) is 4. The van der Waals surface area contributed by atoms with E-state index in [1.54, 1.807) is 0 Å². The molecule has 3 saturated heterocycles. The zero-order valence-corrected chi connectivity index (χ0v) is 36.7. The normalized spacial score (nSPS) is 33.6. The minimum atomic E-state index is -4.80. The molecule has 2 amide bonds. The van der Waals surface area contributed by atoms with Crippen molar-refractivity contribution in [2.24, 2.45) is 11.8 Å². The van der Waals surface area contributed by atoms with E-state index in [1.807, 2.05) is 27.7 Å². The summed E-state index contributed by atoms with van der Waals surface area (Å²) in [6.07, 6.45) is -3.97. The van der Waals surface area contributed by atoms with Gasteiger partial charge in [0.05, 0.1) is 13.2 Å². The summed E-state index contributed by atoms with van der Waals surface area (Å²) in [5.74, 6) is -5.71. The molecule has 334 valence electrons. The van der Waals surface area contributed by atoms with Gasteiger partial charge in [-0.05, 0) is 49.6 Å². The zero-order chi connectivity index (χ0) is 43.8. The third-order valence-electron chi connectivity index (χ3n) is 10.8. The predicted molar refractivity (Wildman–Crippen MR) is 216 cm³/mol. The molecular formula is C35H49F3N6O12P2S2. The lowest BCUT2D eigenvalue weighted by atomic mass is 9.97. The number of thiol groups is 1. The molecule has 6 unspecified atom stereocenters. The number of carbonyl (C=O) groups is 2. The highest BCUT2D eigenvalue weighted by Gasteiger charge is 2.81. The standard InChI is InChI=1S/C35H49F3N6O12P2S2/c1-5-9-19(10-6-2)29(45)39-23-13-15-43(32(47)41-23)25-28-34(25,36)26-21(53-28)17-51-58(50,60)56-27-22(18-52-57(49,59)55-26)54-31(35(27,37)38)44-16-14-24(42-33(44)48)40-30(46)20(11-7-3)12-8-4/h13-16,19-22,25-28,31H,5-12,17-18H2,1-4H3,(H,49,59)(H,50,60)(H,39,41,45,47)(H,40,42,46,48)/t21-,22-,25-,26?,27?,28?,31-,34?,57?,58?/m1/s1. The summed E-state index contributed by atoms with van der Waals surface area (Å²) in [5.41, 5.74) is -4.76. The number of carbonyl (C=O) groups excluding carboxylic acids is 2. The molecule has 3 aliphatic heterocycles. The molecule has 25 heteroatoms. The van der Waals surface area contributed by atoms with Crippen LogP contribution >= 0.6 is 25.8 Å². The quantitative estimate of drug-likeness (QED) is 0.137. The highest BCUT2D eigenvalue weighted by molar-refractivity contribution is 8.44. The average molecular weight is 929 g/mol. The van der Waals surface area contributed by atoms with Gasteiger partial charge >= 0.3 is 30.8 Å². The van der Waals surface area contributed by atoms with Crippen LogP contribution < -0.4 is 22.0 Å². The Morgan fingerprint density at radius 3 is 1.82 bits per heavy atom. The summed E-state index contributed by atoms with van der Waals surface area (Å²) in [6.45, 7) is -3.49. The second-order valence-corrected chi connectivity index (χ2v) is 20.8. The van der Waals surface area contributed by atoms with Crippen molar-refractivity contribution in [3.8, 4) is 0 Å². The summed E-state index contributed by atoms with van der Waals surface area (Å²) < 4.78 is 97.0. The Morgan fingerprint density at radius 1 is 0.833 bits per heavy atom. The van der Waals surface area contributed by atoms with Crippen LogP contribution in [0.2, 0.25) is 0 Å². The zero-order valence-electron chi connectivity index (χ0n) is 33.2. The van der Waals surface area contributed by atoms with Crippen LogP contribution in [-0.4, -0.2) is 91.1 Å². The molecule has 5 heterocycles. The maximum absolute atomic E-state index is 16.9. The predicted octanol–water partition coefficient (Wildman–Crippen LogP) is 5.45. The van der Waals surface area contributed by atoms with Crippen molar-refractivity contribution < 1.29 is 59.8 Å². The van der Waals surface area contributed by atoms with E-state index < -0.39 is 92.5 Å². The van der Waals surface area contributed by atoms with E-state index in [4.69, 9.17) is 39.4 Å². The first-order valence-electron chi connectivity index (χ1n) is 19.8. The Kier molecular flexibility index (Phi) is 14.6. The van der Waals surface area contributed by atoms with Crippen LogP contribution in [0.25, 0.3) is 0 Å². The van der Waals surface area contributed by atoms with Gasteiger partial charge in [0.25, 0.3) is 0 Å². The number of halogens is 3. The van der Waals surface area contributed by atoms with E-state index in [0.717, 1.165) is 42.5 Å². The highest BCUT2D eigenvalue weighted by Crippen LogP contribution is 2.66. The summed E-state index contributed by atoms with van der Waals surface area (Å²) in [6, 6.07) is 1.07. The summed E-state index contributed by atoms with van der Waals surface area (Å²) in [5, 5.41) is 5.17. The van der Waals surface area contributed by atoms with Crippen LogP contribution in [-0.2, 0) is 53.5 Å². The van der Waals surface area contributed by atoms with Gasteiger partial charge in [-0.2, -0.15) is 18.7 Å². The molecule has 10 atom stereocenters.